The van der Waals surface area contributed by atoms with E-state index in [2.05, 4.69) is 5.32 Å². The van der Waals surface area contributed by atoms with Crippen LogP contribution in [0.4, 0.5) is 0 Å². The number of piperidine rings is 1. The standard InChI is InChI=1S/C14H26N2O3/c1-11(10-17)9-15-14(19)4-3-13-5-7-16(8-6-13)12(2)18/h11,13,17H,3-10H2,1-2H3,(H,15,19). The zero-order chi connectivity index (χ0) is 14.3. The van der Waals surface area contributed by atoms with Gasteiger partial charge in [0.2, 0.25) is 11.8 Å². The number of aliphatic hydroxyl groups is 1. The molecule has 1 fully saturated rings. The Kier molecular flexibility index (Phi) is 6.84. The van der Waals surface area contributed by atoms with Gasteiger partial charge in [-0.25, -0.2) is 0 Å². The van der Waals surface area contributed by atoms with Crippen LogP contribution < -0.4 is 5.32 Å². The third-order valence-electron chi connectivity index (χ3n) is 3.80. The van der Waals surface area contributed by atoms with Gasteiger partial charge in [0.1, 0.15) is 0 Å². The van der Waals surface area contributed by atoms with E-state index < -0.39 is 0 Å². The summed E-state index contributed by atoms with van der Waals surface area (Å²) in [6.45, 7) is 5.79. The third kappa shape index (κ3) is 6.05. The summed E-state index contributed by atoms with van der Waals surface area (Å²) >= 11 is 0. The Morgan fingerprint density at radius 2 is 2.00 bits per heavy atom. The number of nitrogens with zero attached hydrogens (tertiary/aromatic N) is 1. The molecule has 110 valence electrons. The smallest absolute Gasteiger partial charge is 0.220 e. The second-order valence-electron chi connectivity index (χ2n) is 5.58. The quantitative estimate of drug-likeness (QED) is 0.749. The maximum Gasteiger partial charge on any atom is 0.220 e. The first kappa shape index (κ1) is 16.0. The molecule has 1 unspecified atom stereocenters. The molecule has 0 radical (unpaired) electrons. The summed E-state index contributed by atoms with van der Waals surface area (Å²) in [5.41, 5.74) is 0. The van der Waals surface area contributed by atoms with E-state index in [9.17, 15) is 9.59 Å². The van der Waals surface area contributed by atoms with E-state index in [0.717, 1.165) is 32.4 Å². The summed E-state index contributed by atoms with van der Waals surface area (Å²) in [6, 6.07) is 0. The molecule has 1 aliphatic rings. The number of hydrogen-bond donors (Lipinski definition) is 2. The first-order valence-electron chi connectivity index (χ1n) is 7.16. The molecule has 2 N–H and O–H groups in total. The van der Waals surface area contributed by atoms with Crippen LogP contribution >= 0.6 is 0 Å². The molecule has 0 aromatic heterocycles. The van der Waals surface area contributed by atoms with Crippen LogP contribution in [0.1, 0.15) is 39.5 Å². The number of aliphatic hydroxyl groups excluding tert-OH is 1. The predicted octanol–water partition coefficient (Wildman–Crippen LogP) is 0.770. The summed E-state index contributed by atoms with van der Waals surface area (Å²) in [5.74, 6) is 0.878. The summed E-state index contributed by atoms with van der Waals surface area (Å²) in [7, 11) is 0. The highest BCUT2D eigenvalue weighted by Gasteiger charge is 2.21. The zero-order valence-electron chi connectivity index (χ0n) is 12.0. The van der Waals surface area contributed by atoms with Gasteiger partial charge in [-0.05, 0) is 31.1 Å². The molecule has 2 amide bonds. The molecule has 0 aromatic carbocycles. The number of carbonyl (C=O) groups excluding carboxylic acids is 2. The van der Waals surface area contributed by atoms with Crippen LogP contribution in [0.15, 0.2) is 0 Å². The second-order valence-corrected chi connectivity index (χ2v) is 5.58. The van der Waals surface area contributed by atoms with Crippen molar-refractivity contribution < 1.29 is 14.7 Å². The van der Waals surface area contributed by atoms with Gasteiger partial charge in [0.25, 0.3) is 0 Å². The Morgan fingerprint density at radius 3 is 2.53 bits per heavy atom. The Morgan fingerprint density at radius 1 is 1.37 bits per heavy atom. The van der Waals surface area contributed by atoms with Crippen molar-refractivity contribution in [3.05, 3.63) is 0 Å². The maximum absolute atomic E-state index is 11.6. The van der Waals surface area contributed by atoms with Gasteiger partial charge in [-0.2, -0.15) is 0 Å². The van der Waals surface area contributed by atoms with E-state index >= 15 is 0 Å². The van der Waals surface area contributed by atoms with Crippen molar-refractivity contribution in [2.45, 2.75) is 39.5 Å². The normalized spacial score (nSPS) is 18.2. The minimum Gasteiger partial charge on any atom is -0.396 e. The van der Waals surface area contributed by atoms with Crippen LogP contribution in [0, 0.1) is 11.8 Å². The molecule has 0 aromatic rings. The highest BCUT2D eigenvalue weighted by atomic mass is 16.3. The lowest BCUT2D eigenvalue weighted by Gasteiger charge is -2.31. The molecular formula is C14H26N2O3. The van der Waals surface area contributed by atoms with Crippen molar-refractivity contribution in [3.63, 3.8) is 0 Å². The minimum absolute atomic E-state index is 0.0642. The maximum atomic E-state index is 11.6. The van der Waals surface area contributed by atoms with Crippen molar-refractivity contribution >= 4 is 11.8 Å². The largest absolute Gasteiger partial charge is 0.396 e. The average molecular weight is 270 g/mol. The number of nitrogens with one attached hydrogen (secondary N) is 1. The van der Waals surface area contributed by atoms with Crippen LogP contribution in [-0.4, -0.2) is 48.1 Å². The molecule has 1 heterocycles. The molecule has 0 bridgehead atoms. The van der Waals surface area contributed by atoms with E-state index in [0.29, 0.717) is 18.9 Å². The monoisotopic (exact) mass is 270 g/mol. The summed E-state index contributed by atoms with van der Waals surface area (Å²) < 4.78 is 0. The van der Waals surface area contributed by atoms with Gasteiger partial charge >= 0.3 is 0 Å². The van der Waals surface area contributed by atoms with Crippen molar-refractivity contribution in [2.24, 2.45) is 11.8 Å². The molecule has 0 spiro atoms. The highest BCUT2D eigenvalue weighted by molar-refractivity contribution is 5.75. The number of likely N-dealkylation sites (tertiary alicyclic amines) is 1. The van der Waals surface area contributed by atoms with Crippen molar-refractivity contribution in [3.8, 4) is 0 Å². The van der Waals surface area contributed by atoms with Crippen LogP contribution in [0.5, 0.6) is 0 Å². The number of carbonyl (C=O) groups is 2. The fraction of sp³-hybridized carbons (Fsp3) is 0.857. The number of rotatable bonds is 6. The lowest BCUT2D eigenvalue weighted by molar-refractivity contribution is -0.130. The van der Waals surface area contributed by atoms with Crippen LogP contribution in [-0.2, 0) is 9.59 Å². The Labute approximate surface area is 115 Å². The van der Waals surface area contributed by atoms with Crippen molar-refractivity contribution in [1.29, 1.82) is 0 Å². The van der Waals surface area contributed by atoms with E-state index in [1.54, 1.807) is 6.92 Å². The topological polar surface area (TPSA) is 69.6 Å². The third-order valence-corrected chi connectivity index (χ3v) is 3.80. The SMILES string of the molecule is CC(=O)N1CCC(CCC(=O)NCC(C)CO)CC1. The van der Waals surface area contributed by atoms with Crippen LogP contribution in [0.25, 0.3) is 0 Å². The first-order valence-corrected chi connectivity index (χ1v) is 7.16. The van der Waals surface area contributed by atoms with E-state index in [-0.39, 0.29) is 24.3 Å². The van der Waals surface area contributed by atoms with Crippen LogP contribution in [0.2, 0.25) is 0 Å². The Bertz CT molecular complexity index is 299. The number of amides is 2. The number of hydrogen-bond acceptors (Lipinski definition) is 3. The highest BCUT2D eigenvalue weighted by Crippen LogP contribution is 2.21. The van der Waals surface area contributed by atoms with E-state index in [1.165, 1.54) is 0 Å². The lowest BCUT2D eigenvalue weighted by Crippen LogP contribution is -2.37. The van der Waals surface area contributed by atoms with Crippen molar-refractivity contribution in [1.82, 2.24) is 10.2 Å². The second kappa shape index (κ2) is 8.15. The molecule has 19 heavy (non-hydrogen) atoms. The fourth-order valence-corrected chi connectivity index (χ4v) is 2.31. The van der Waals surface area contributed by atoms with Gasteiger partial charge in [-0.3, -0.25) is 9.59 Å². The van der Waals surface area contributed by atoms with Gasteiger partial charge in [-0.15, -0.1) is 0 Å². The van der Waals surface area contributed by atoms with Gasteiger partial charge in [0, 0.05) is 39.6 Å². The van der Waals surface area contributed by atoms with Crippen LogP contribution in [0.3, 0.4) is 0 Å². The van der Waals surface area contributed by atoms with Crippen molar-refractivity contribution in [2.75, 3.05) is 26.2 Å². The summed E-state index contributed by atoms with van der Waals surface area (Å²) in [5, 5.41) is 11.7. The molecule has 5 heteroatoms. The first-order chi connectivity index (χ1) is 9.02. The van der Waals surface area contributed by atoms with Gasteiger partial charge in [0.15, 0.2) is 0 Å². The minimum atomic E-state index is 0.0642. The van der Waals surface area contributed by atoms with E-state index in [1.807, 2.05) is 11.8 Å². The lowest BCUT2D eigenvalue weighted by atomic mass is 9.92. The zero-order valence-corrected chi connectivity index (χ0v) is 12.0. The molecule has 1 saturated heterocycles. The molecule has 1 atom stereocenters. The molecule has 0 saturated carbocycles. The molecule has 0 aliphatic carbocycles. The van der Waals surface area contributed by atoms with E-state index in [4.69, 9.17) is 5.11 Å². The molecule has 1 rings (SSSR count). The van der Waals surface area contributed by atoms with Gasteiger partial charge in [0.05, 0.1) is 0 Å². The van der Waals surface area contributed by atoms with Gasteiger partial charge in [-0.1, -0.05) is 6.92 Å². The Hall–Kier alpha value is -1.10. The molecule has 1 aliphatic heterocycles. The average Bonchev–Trinajstić information content (AvgIpc) is 2.42. The van der Waals surface area contributed by atoms with Gasteiger partial charge < -0.3 is 15.3 Å². The molecular weight excluding hydrogens is 244 g/mol. The predicted molar refractivity (Wildman–Crippen MR) is 73.5 cm³/mol. The summed E-state index contributed by atoms with van der Waals surface area (Å²) in [4.78, 5) is 24.7. The fourth-order valence-electron chi connectivity index (χ4n) is 2.31. The summed E-state index contributed by atoms with van der Waals surface area (Å²) in [6.07, 6.45) is 3.44. The molecule has 5 nitrogen and oxygen atoms in total. The Balaban J connectivity index is 2.13.